The fraction of sp³-hybridized carbons (Fsp3) is 0.889. The van der Waals surface area contributed by atoms with Crippen LogP contribution in [0.2, 0.25) is 0 Å². The molecule has 0 spiro atoms. The van der Waals surface area contributed by atoms with Crippen molar-refractivity contribution in [3.05, 3.63) is 0 Å². The Morgan fingerprint density at radius 1 is 1.70 bits per heavy atom. The zero-order valence-corrected chi connectivity index (χ0v) is 7.11. The number of carbonyl (C=O) groups excluding carboxylic acids is 1. The van der Waals surface area contributed by atoms with Crippen molar-refractivity contribution < 1.29 is 4.79 Å². The van der Waals surface area contributed by atoms with E-state index in [4.69, 9.17) is 0 Å². The summed E-state index contributed by atoms with van der Waals surface area (Å²) in [5.74, 6) is 1.10. The van der Waals surface area contributed by atoms with Crippen molar-refractivity contribution in [2.75, 3.05) is 0 Å². The van der Waals surface area contributed by atoms with E-state index < -0.39 is 0 Å². The molecule has 0 amide bonds. The van der Waals surface area contributed by atoms with E-state index in [0.717, 1.165) is 19.3 Å². The summed E-state index contributed by atoms with van der Waals surface area (Å²) in [7, 11) is 0. The molecule has 0 aliphatic heterocycles. The normalized spacial score (nSPS) is 40.7. The highest BCUT2D eigenvalue weighted by atomic mass is 16.1. The average molecular weight is 140 g/mol. The van der Waals surface area contributed by atoms with E-state index in [2.05, 4.69) is 20.8 Å². The summed E-state index contributed by atoms with van der Waals surface area (Å²) in [4.78, 5) is 11.3. The summed E-state index contributed by atoms with van der Waals surface area (Å²) in [6, 6.07) is 0. The largest absolute Gasteiger partial charge is 0.299 e. The number of hydrogen-bond acceptors (Lipinski definition) is 1. The summed E-state index contributed by atoms with van der Waals surface area (Å²) in [6.45, 7) is 6.37. The van der Waals surface area contributed by atoms with Gasteiger partial charge in [0.1, 0.15) is 5.78 Å². The molecule has 0 bridgehead atoms. The molecule has 0 N–H and O–H groups in total. The van der Waals surface area contributed by atoms with Crippen molar-refractivity contribution >= 4 is 5.78 Å². The molecule has 1 nitrogen and oxygen atoms in total. The lowest BCUT2D eigenvalue weighted by Gasteiger charge is -2.18. The highest BCUT2D eigenvalue weighted by Gasteiger charge is 2.39. The average Bonchev–Trinajstić information content (AvgIpc) is 2.09. The van der Waals surface area contributed by atoms with E-state index in [0.29, 0.717) is 11.7 Å². The fourth-order valence-electron chi connectivity index (χ4n) is 1.86. The highest BCUT2D eigenvalue weighted by molar-refractivity contribution is 5.86. The third-order valence-corrected chi connectivity index (χ3v) is 2.79. The highest BCUT2D eigenvalue weighted by Crippen LogP contribution is 2.40. The minimum atomic E-state index is 0.0272. The lowest BCUT2D eigenvalue weighted by atomic mass is 9.84. The summed E-state index contributed by atoms with van der Waals surface area (Å²) >= 11 is 0. The van der Waals surface area contributed by atoms with Gasteiger partial charge >= 0.3 is 0 Å². The minimum absolute atomic E-state index is 0.0272. The van der Waals surface area contributed by atoms with Crippen molar-refractivity contribution in [2.24, 2.45) is 11.3 Å². The zero-order chi connectivity index (χ0) is 7.78. The molecular formula is C9H16O. The van der Waals surface area contributed by atoms with Gasteiger partial charge in [-0.3, -0.25) is 4.79 Å². The molecule has 0 aromatic rings. The van der Waals surface area contributed by atoms with Crippen molar-refractivity contribution in [2.45, 2.75) is 40.0 Å². The Hall–Kier alpha value is -0.330. The Morgan fingerprint density at radius 3 is 2.50 bits per heavy atom. The van der Waals surface area contributed by atoms with Gasteiger partial charge in [0.05, 0.1) is 0 Å². The predicted octanol–water partition coefficient (Wildman–Crippen LogP) is 2.40. The molecule has 2 atom stereocenters. The third kappa shape index (κ3) is 1.09. The molecule has 1 saturated carbocycles. The Bertz CT molecular complexity index is 151. The number of ketones is 1. The van der Waals surface area contributed by atoms with Gasteiger partial charge < -0.3 is 0 Å². The smallest absolute Gasteiger partial charge is 0.139 e. The molecule has 0 aromatic heterocycles. The lowest BCUT2D eigenvalue weighted by Crippen LogP contribution is -2.19. The maximum Gasteiger partial charge on any atom is 0.139 e. The molecule has 0 saturated heterocycles. The Kier molecular flexibility index (Phi) is 1.84. The number of rotatable bonds is 1. The van der Waals surface area contributed by atoms with Gasteiger partial charge in [0.15, 0.2) is 0 Å². The van der Waals surface area contributed by atoms with E-state index in [1.54, 1.807) is 0 Å². The molecular weight excluding hydrogens is 124 g/mol. The van der Waals surface area contributed by atoms with Crippen LogP contribution in [0.4, 0.5) is 0 Å². The Balaban J connectivity index is 2.70. The SMILES string of the molecule is CCC1(C)CC(C)CC1=O. The molecule has 58 valence electrons. The molecule has 1 heteroatoms. The first-order valence-corrected chi connectivity index (χ1v) is 4.12. The molecule has 1 aliphatic carbocycles. The van der Waals surface area contributed by atoms with Gasteiger partial charge in [-0.15, -0.1) is 0 Å². The maximum absolute atomic E-state index is 11.3. The molecule has 0 radical (unpaired) electrons. The van der Waals surface area contributed by atoms with Crippen LogP contribution in [0.5, 0.6) is 0 Å². The summed E-state index contributed by atoms with van der Waals surface area (Å²) in [6.07, 6.45) is 2.92. The van der Waals surface area contributed by atoms with Crippen LogP contribution in [0, 0.1) is 11.3 Å². The second-order valence-corrected chi connectivity index (χ2v) is 3.85. The van der Waals surface area contributed by atoms with Crippen molar-refractivity contribution in [1.29, 1.82) is 0 Å². The van der Waals surface area contributed by atoms with Crippen LogP contribution in [0.25, 0.3) is 0 Å². The van der Waals surface area contributed by atoms with Crippen LogP contribution in [0.1, 0.15) is 40.0 Å². The zero-order valence-electron chi connectivity index (χ0n) is 7.11. The van der Waals surface area contributed by atoms with Crippen molar-refractivity contribution in [1.82, 2.24) is 0 Å². The van der Waals surface area contributed by atoms with Crippen molar-refractivity contribution in [3.63, 3.8) is 0 Å². The first-order chi connectivity index (χ1) is 4.58. The molecule has 0 heterocycles. The van der Waals surface area contributed by atoms with Crippen LogP contribution in [-0.4, -0.2) is 5.78 Å². The van der Waals surface area contributed by atoms with Crippen LogP contribution in [0.3, 0.4) is 0 Å². The maximum atomic E-state index is 11.3. The van der Waals surface area contributed by atoms with Gasteiger partial charge in [0.2, 0.25) is 0 Å². The van der Waals surface area contributed by atoms with Gasteiger partial charge in [-0.2, -0.15) is 0 Å². The van der Waals surface area contributed by atoms with Crippen molar-refractivity contribution in [3.8, 4) is 0 Å². The van der Waals surface area contributed by atoms with Crippen LogP contribution >= 0.6 is 0 Å². The Labute approximate surface area is 62.8 Å². The first kappa shape index (κ1) is 7.77. The summed E-state index contributed by atoms with van der Waals surface area (Å²) < 4.78 is 0. The first-order valence-electron chi connectivity index (χ1n) is 4.12. The van der Waals surface area contributed by atoms with E-state index in [-0.39, 0.29) is 5.41 Å². The summed E-state index contributed by atoms with van der Waals surface area (Å²) in [5, 5.41) is 0. The molecule has 1 aliphatic rings. The quantitative estimate of drug-likeness (QED) is 0.546. The Morgan fingerprint density at radius 2 is 2.30 bits per heavy atom. The molecule has 1 rings (SSSR count). The molecule has 2 unspecified atom stereocenters. The van der Waals surface area contributed by atoms with Crippen LogP contribution < -0.4 is 0 Å². The van der Waals surface area contributed by atoms with E-state index >= 15 is 0 Å². The third-order valence-electron chi connectivity index (χ3n) is 2.79. The standard InChI is InChI=1S/C9H16O/c1-4-9(3)6-7(2)5-8(9)10/h7H,4-6H2,1-3H3. The van der Waals surface area contributed by atoms with Gasteiger partial charge in [-0.25, -0.2) is 0 Å². The van der Waals surface area contributed by atoms with E-state index in [9.17, 15) is 4.79 Å². The number of hydrogen-bond donors (Lipinski definition) is 0. The van der Waals surface area contributed by atoms with Crippen LogP contribution in [0.15, 0.2) is 0 Å². The van der Waals surface area contributed by atoms with Crippen LogP contribution in [-0.2, 0) is 4.79 Å². The number of Topliss-reactive ketones (excluding diaryl/α,β-unsaturated/α-hetero) is 1. The molecule has 10 heavy (non-hydrogen) atoms. The second kappa shape index (κ2) is 2.37. The van der Waals surface area contributed by atoms with Gasteiger partial charge in [-0.05, 0) is 18.8 Å². The minimum Gasteiger partial charge on any atom is -0.299 e. The monoisotopic (exact) mass is 140 g/mol. The lowest BCUT2D eigenvalue weighted by molar-refractivity contribution is -0.125. The molecule has 1 fully saturated rings. The van der Waals surface area contributed by atoms with Gasteiger partial charge in [-0.1, -0.05) is 20.8 Å². The second-order valence-electron chi connectivity index (χ2n) is 3.85. The summed E-state index contributed by atoms with van der Waals surface area (Å²) in [5.41, 5.74) is 0.0272. The topological polar surface area (TPSA) is 17.1 Å². The van der Waals surface area contributed by atoms with E-state index in [1.807, 2.05) is 0 Å². The fourth-order valence-corrected chi connectivity index (χ4v) is 1.86. The number of carbonyl (C=O) groups is 1. The van der Waals surface area contributed by atoms with E-state index in [1.165, 1.54) is 0 Å². The predicted molar refractivity (Wildman–Crippen MR) is 41.8 cm³/mol. The van der Waals surface area contributed by atoms with Gasteiger partial charge in [0, 0.05) is 11.8 Å². The molecule has 0 aromatic carbocycles. The van der Waals surface area contributed by atoms with Gasteiger partial charge in [0.25, 0.3) is 0 Å².